The maximum Gasteiger partial charge on any atom is 0.257 e. The first-order valence-corrected chi connectivity index (χ1v) is 8.04. The Morgan fingerprint density at radius 3 is 2.91 bits per heavy atom. The number of nitrogens with one attached hydrogen (secondary N) is 1. The SMILES string of the molecule is Cc1noc([C@H]2CN(C(=O)c3cc[nH]c3C3CC3)C[C@@H](C)O2)n1. The Hall–Kier alpha value is -2.15. The number of morpholine rings is 1. The molecule has 2 aliphatic rings. The molecule has 0 aromatic carbocycles. The molecule has 1 aliphatic heterocycles. The fraction of sp³-hybridized carbons (Fsp3) is 0.562. The number of aromatic amines is 1. The van der Waals surface area contributed by atoms with Crippen molar-refractivity contribution < 1.29 is 14.1 Å². The molecule has 0 unspecified atom stereocenters. The van der Waals surface area contributed by atoms with Crippen LogP contribution in [0.5, 0.6) is 0 Å². The Morgan fingerprint density at radius 2 is 2.22 bits per heavy atom. The van der Waals surface area contributed by atoms with Crippen molar-refractivity contribution >= 4 is 5.91 Å². The van der Waals surface area contributed by atoms with E-state index in [9.17, 15) is 4.79 Å². The molecule has 23 heavy (non-hydrogen) atoms. The molecule has 0 bridgehead atoms. The first-order chi connectivity index (χ1) is 11.1. The average molecular weight is 316 g/mol. The number of aryl methyl sites for hydroxylation is 1. The summed E-state index contributed by atoms with van der Waals surface area (Å²) in [5, 5.41) is 3.81. The van der Waals surface area contributed by atoms with Crippen LogP contribution in [0.1, 0.15) is 59.6 Å². The molecular weight excluding hydrogens is 296 g/mol. The highest BCUT2D eigenvalue weighted by Crippen LogP contribution is 2.41. The molecular formula is C16H20N4O3. The van der Waals surface area contributed by atoms with Gasteiger partial charge >= 0.3 is 0 Å². The van der Waals surface area contributed by atoms with Gasteiger partial charge in [-0.1, -0.05) is 5.16 Å². The van der Waals surface area contributed by atoms with Crippen molar-refractivity contribution in [2.45, 2.75) is 44.8 Å². The van der Waals surface area contributed by atoms with Crippen molar-refractivity contribution in [3.63, 3.8) is 0 Å². The monoisotopic (exact) mass is 316 g/mol. The first kappa shape index (κ1) is 14.4. The number of carbonyl (C=O) groups is 1. The average Bonchev–Trinajstić information content (AvgIpc) is 3.09. The van der Waals surface area contributed by atoms with E-state index in [2.05, 4.69) is 15.1 Å². The topological polar surface area (TPSA) is 84.2 Å². The van der Waals surface area contributed by atoms with Crippen LogP contribution in [-0.4, -0.2) is 45.1 Å². The second-order valence-corrected chi connectivity index (χ2v) is 6.40. The van der Waals surface area contributed by atoms with Crippen LogP contribution in [0.2, 0.25) is 0 Å². The predicted molar refractivity (Wildman–Crippen MR) is 81.0 cm³/mol. The minimum absolute atomic E-state index is 0.0459. The number of hydrogen-bond acceptors (Lipinski definition) is 5. The molecule has 1 saturated carbocycles. The number of amides is 1. The fourth-order valence-electron chi connectivity index (χ4n) is 3.15. The summed E-state index contributed by atoms with van der Waals surface area (Å²) in [7, 11) is 0. The highest BCUT2D eigenvalue weighted by Gasteiger charge is 2.35. The Kier molecular flexibility index (Phi) is 3.45. The zero-order chi connectivity index (χ0) is 16.0. The van der Waals surface area contributed by atoms with Gasteiger partial charge in [-0.05, 0) is 38.7 Å². The molecule has 0 radical (unpaired) electrons. The molecule has 122 valence electrons. The highest BCUT2D eigenvalue weighted by molar-refractivity contribution is 5.95. The Balaban J connectivity index is 1.55. The van der Waals surface area contributed by atoms with Gasteiger partial charge in [0.15, 0.2) is 11.9 Å². The van der Waals surface area contributed by atoms with Gasteiger partial charge in [0.2, 0.25) is 0 Å². The molecule has 1 amide bonds. The number of hydrogen-bond donors (Lipinski definition) is 1. The van der Waals surface area contributed by atoms with Gasteiger partial charge in [0, 0.05) is 18.4 Å². The third kappa shape index (κ3) is 2.76. The van der Waals surface area contributed by atoms with Gasteiger partial charge in [-0.25, -0.2) is 0 Å². The number of aromatic nitrogens is 3. The number of ether oxygens (including phenoxy) is 1. The number of H-pyrrole nitrogens is 1. The summed E-state index contributed by atoms with van der Waals surface area (Å²) in [5.74, 6) is 1.56. The van der Waals surface area contributed by atoms with Gasteiger partial charge in [0.05, 0.1) is 18.2 Å². The van der Waals surface area contributed by atoms with Crippen molar-refractivity contribution in [2.24, 2.45) is 0 Å². The van der Waals surface area contributed by atoms with E-state index in [1.54, 1.807) is 6.92 Å². The lowest BCUT2D eigenvalue weighted by Crippen LogP contribution is -2.46. The lowest BCUT2D eigenvalue weighted by atomic mass is 10.1. The van der Waals surface area contributed by atoms with Crippen molar-refractivity contribution in [1.29, 1.82) is 0 Å². The Bertz CT molecular complexity index is 718. The zero-order valence-corrected chi connectivity index (χ0v) is 13.3. The zero-order valence-electron chi connectivity index (χ0n) is 13.3. The van der Waals surface area contributed by atoms with Crippen LogP contribution in [0.3, 0.4) is 0 Å². The van der Waals surface area contributed by atoms with E-state index in [0.717, 1.165) is 24.1 Å². The van der Waals surface area contributed by atoms with Crippen molar-refractivity contribution in [3.8, 4) is 0 Å². The van der Waals surface area contributed by atoms with Crippen LogP contribution in [0.4, 0.5) is 0 Å². The van der Waals surface area contributed by atoms with Gasteiger partial charge in [-0.3, -0.25) is 4.79 Å². The molecule has 3 heterocycles. The summed E-state index contributed by atoms with van der Waals surface area (Å²) in [4.78, 5) is 22.2. The molecule has 0 spiro atoms. The summed E-state index contributed by atoms with van der Waals surface area (Å²) in [6.07, 6.45) is 3.72. The van der Waals surface area contributed by atoms with Crippen LogP contribution >= 0.6 is 0 Å². The van der Waals surface area contributed by atoms with E-state index in [1.165, 1.54) is 0 Å². The molecule has 1 saturated heterocycles. The maximum atomic E-state index is 12.9. The van der Waals surface area contributed by atoms with Crippen LogP contribution in [-0.2, 0) is 4.74 Å². The smallest absolute Gasteiger partial charge is 0.257 e. The molecule has 2 atom stereocenters. The van der Waals surface area contributed by atoms with E-state index in [-0.39, 0.29) is 18.1 Å². The second-order valence-electron chi connectivity index (χ2n) is 6.40. The summed E-state index contributed by atoms with van der Waals surface area (Å²) in [5.41, 5.74) is 1.85. The third-order valence-corrected chi connectivity index (χ3v) is 4.36. The lowest BCUT2D eigenvalue weighted by molar-refractivity contribution is -0.0810. The number of carbonyl (C=O) groups excluding carboxylic acids is 1. The van der Waals surface area contributed by atoms with Crippen molar-refractivity contribution in [1.82, 2.24) is 20.0 Å². The molecule has 7 nitrogen and oxygen atoms in total. The second kappa shape index (κ2) is 5.49. The Labute approximate surface area is 134 Å². The van der Waals surface area contributed by atoms with Gasteiger partial charge in [-0.2, -0.15) is 4.98 Å². The molecule has 7 heteroatoms. The quantitative estimate of drug-likeness (QED) is 0.938. The van der Waals surface area contributed by atoms with E-state index in [4.69, 9.17) is 9.26 Å². The Morgan fingerprint density at radius 1 is 1.39 bits per heavy atom. The summed E-state index contributed by atoms with van der Waals surface area (Å²) in [6.45, 7) is 4.72. The highest BCUT2D eigenvalue weighted by atomic mass is 16.5. The largest absolute Gasteiger partial charge is 0.364 e. The van der Waals surface area contributed by atoms with E-state index >= 15 is 0 Å². The van der Waals surface area contributed by atoms with E-state index < -0.39 is 0 Å². The molecule has 2 aromatic heterocycles. The van der Waals surface area contributed by atoms with Crippen LogP contribution in [0, 0.1) is 6.92 Å². The molecule has 2 aromatic rings. The standard InChI is InChI=1S/C16H20N4O3/c1-9-7-20(8-13(22-9)15-18-10(2)19-23-15)16(21)12-5-6-17-14(12)11-3-4-11/h5-6,9,11,13,17H,3-4,7-8H2,1-2H3/t9-,13-/m1/s1. The van der Waals surface area contributed by atoms with Crippen molar-refractivity contribution in [3.05, 3.63) is 35.2 Å². The van der Waals surface area contributed by atoms with Gasteiger partial charge in [-0.15, -0.1) is 0 Å². The van der Waals surface area contributed by atoms with E-state index in [1.807, 2.05) is 24.1 Å². The summed E-state index contributed by atoms with van der Waals surface area (Å²) < 4.78 is 11.1. The molecule has 2 fully saturated rings. The van der Waals surface area contributed by atoms with Crippen LogP contribution < -0.4 is 0 Å². The number of rotatable bonds is 3. The van der Waals surface area contributed by atoms with Gasteiger partial charge < -0.3 is 19.1 Å². The van der Waals surface area contributed by atoms with Crippen molar-refractivity contribution in [2.75, 3.05) is 13.1 Å². The molecule has 1 N–H and O–H groups in total. The maximum absolute atomic E-state index is 12.9. The predicted octanol–water partition coefficient (Wildman–Crippen LogP) is 2.19. The molecule has 4 rings (SSSR count). The van der Waals surface area contributed by atoms with Gasteiger partial charge in [0.1, 0.15) is 0 Å². The minimum atomic E-state index is -0.368. The molecule has 1 aliphatic carbocycles. The van der Waals surface area contributed by atoms with Gasteiger partial charge in [0.25, 0.3) is 11.8 Å². The normalized spacial score (nSPS) is 24.9. The summed E-state index contributed by atoms with van der Waals surface area (Å²) >= 11 is 0. The van der Waals surface area contributed by atoms with E-state index in [0.29, 0.717) is 30.7 Å². The fourth-order valence-corrected chi connectivity index (χ4v) is 3.15. The number of nitrogens with zero attached hydrogens (tertiary/aromatic N) is 3. The van der Waals surface area contributed by atoms with Crippen LogP contribution in [0.25, 0.3) is 0 Å². The minimum Gasteiger partial charge on any atom is -0.364 e. The van der Waals surface area contributed by atoms with Crippen LogP contribution in [0.15, 0.2) is 16.8 Å². The lowest BCUT2D eigenvalue weighted by Gasteiger charge is -2.35. The first-order valence-electron chi connectivity index (χ1n) is 8.04. The third-order valence-electron chi connectivity index (χ3n) is 4.36. The summed E-state index contributed by atoms with van der Waals surface area (Å²) in [6, 6.07) is 1.88.